The largest absolute Gasteiger partial charge is 0.288 e. The molecule has 5 heteroatoms. The SMILES string of the molecule is Cc1cc(F)c(C(=O)c2csc(I)c2)cc1F. The van der Waals surface area contributed by atoms with E-state index in [0.29, 0.717) is 5.56 Å². The van der Waals surface area contributed by atoms with E-state index in [-0.39, 0.29) is 11.1 Å². The van der Waals surface area contributed by atoms with E-state index >= 15 is 0 Å². The number of halogens is 3. The molecule has 0 N–H and O–H groups in total. The second-order valence-corrected chi connectivity index (χ2v) is 6.36. The van der Waals surface area contributed by atoms with Gasteiger partial charge in [0.1, 0.15) is 11.6 Å². The minimum absolute atomic E-state index is 0.193. The summed E-state index contributed by atoms with van der Waals surface area (Å²) < 4.78 is 27.8. The molecule has 88 valence electrons. The maximum Gasteiger partial charge on any atom is 0.196 e. The highest BCUT2D eigenvalue weighted by Crippen LogP contribution is 2.22. The van der Waals surface area contributed by atoms with E-state index in [0.717, 1.165) is 15.0 Å². The zero-order valence-electron chi connectivity index (χ0n) is 8.76. The molecule has 2 aromatic rings. The van der Waals surface area contributed by atoms with Crippen LogP contribution in [0.5, 0.6) is 0 Å². The Morgan fingerprint density at radius 3 is 2.53 bits per heavy atom. The van der Waals surface area contributed by atoms with Crippen molar-refractivity contribution >= 4 is 39.7 Å². The molecular formula is C12H7F2IOS. The van der Waals surface area contributed by atoms with Crippen molar-refractivity contribution < 1.29 is 13.6 Å². The Balaban J connectivity index is 2.47. The van der Waals surface area contributed by atoms with Crippen LogP contribution in [-0.2, 0) is 0 Å². The molecule has 0 saturated heterocycles. The summed E-state index contributed by atoms with van der Waals surface area (Å²) in [5.41, 5.74) is 0.364. The summed E-state index contributed by atoms with van der Waals surface area (Å²) in [6, 6.07) is 3.65. The number of aryl methyl sites for hydroxylation is 1. The van der Waals surface area contributed by atoms with Crippen LogP contribution in [0.4, 0.5) is 8.78 Å². The van der Waals surface area contributed by atoms with E-state index in [1.165, 1.54) is 18.3 Å². The lowest BCUT2D eigenvalue weighted by Crippen LogP contribution is -2.04. The summed E-state index contributed by atoms with van der Waals surface area (Å²) in [4.78, 5) is 11.9. The molecule has 2 rings (SSSR count). The molecule has 1 aromatic carbocycles. The Hall–Kier alpha value is -0.820. The summed E-state index contributed by atoms with van der Waals surface area (Å²) in [6.07, 6.45) is 0. The first-order valence-electron chi connectivity index (χ1n) is 4.73. The average Bonchev–Trinajstić information content (AvgIpc) is 2.69. The predicted octanol–water partition coefficient (Wildman–Crippen LogP) is 4.17. The summed E-state index contributed by atoms with van der Waals surface area (Å²) in [5.74, 6) is -1.74. The van der Waals surface area contributed by atoms with Crippen LogP contribution in [0.1, 0.15) is 21.5 Å². The molecule has 17 heavy (non-hydrogen) atoms. The van der Waals surface area contributed by atoms with Gasteiger partial charge in [-0.1, -0.05) is 0 Å². The van der Waals surface area contributed by atoms with Gasteiger partial charge < -0.3 is 0 Å². The van der Waals surface area contributed by atoms with Gasteiger partial charge in [0.05, 0.1) is 8.45 Å². The van der Waals surface area contributed by atoms with Crippen LogP contribution in [0.3, 0.4) is 0 Å². The zero-order valence-corrected chi connectivity index (χ0v) is 11.7. The molecule has 1 nitrogen and oxygen atoms in total. The first-order valence-corrected chi connectivity index (χ1v) is 6.69. The Kier molecular flexibility index (Phi) is 3.58. The second kappa shape index (κ2) is 4.81. The van der Waals surface area contributed by atoms with Crippen LogP contribution in [0.2, 0.25) is 0 Å². The molecule has 0 spiro atoms. The van der Waals surface area contributed by atoms with Crippen LogP contribution < -0.4 is 0 Å². The van der Waals surface area contributed by atoms with Gasteiger partial charge in [-0.2, -0.15) is 0 Å². The van der Waals surface area contributed by atoms with Crippen molar-refractivity contribution in [1.82, 2.24) is 0 Å². The van der Waals surface area contributed by atoms with Crippen LogP contribution in [0.25, 0.3) is 0 Å². The summed E-state index contributed by atoms with van der Waals surface area (Å²) in [6.45, 7) is 1.46. The van der Waals surface area contributed by atoms with Crippen molar-refractivity contribution in [3.8, 4) is 0 Å². The van der Waals surface area contributed by atoms with Gasteiger partial charge in [-0.3, -0.25) is 4.79 Å². The van der Waals surface area contributed by atoms with Gasteiger partial charge in [0.25, 0.3) is 0 Å². The number of hydrogen-bond donors (Lipinski definition) is 0. The second-order valence-electron chi connectivity index (χ2n) is 3.55. The third-order valence-corrected chi connectivity index (χ3v) is 4.11. The van der Waals surface area contributed by atoms with Crippen molar-refractivity contribution in [2.75, 3.05) is 0 Å². The molecule has 0 aliphatic carbocycles. The van der Waals surface area contributed by atoms with E-state index in [2.05, 4.69) is 22.6 Å². The van der Waals surface area contributed by atoms with Gasteiger partial charge in [-0.05, 0) is 53.3 Å². The van der Waals surface area contributed by atoms with Crippen molar-refractivity contribution in [2.45, 2.75) is 6.92 Å². The molecule has 0 unspecified atom stereocenters. The van der Waals surface area contributed by atoms with E-state index in [1.54, 1.807) is 11.4 Å². The van der Waals surface area contributed by atoms with Crippen LogP contribution in [-0.4, -0.2) is 5.78 Å². The Bertz CT molecular complexity index is 592. The normalized spacial score (nSPS) is 10.6. The number of hydrogen-bond acceptors (Lipinski definition) is 2. The number of ketones is 1. The standard InChI is InChI=1S/C12H7F2IOS/c1-6-2-10(14)8(4-9(6)13)12(16)7-3-11(15)17-5-7/h2-5H,1H3. The zero-order chi connectivity index (χ0) is 12.6. The molecule has 1 heterocycles. The number of carbonyl (C=O) groups excluding carboxylic acids is 1. The summed E-state index contributed by atoms with van der Waals surface area (Å²) in [5, 5.41) is 1.64. The summed E-state index contributed by atoms with van der Waals surface area (Å²) in [7, 11) is 0. The minimum atomic E-state index is -0.685. The lowest BCUT2D eigenvalue weighted by molar-refractivity contribution is 0.103. The minimum Gasteiger partial charge on any atom is -0.288 e. The predicted molar refractivity (Wildman–Crippen MR) is 71.6 cm³/mol. The Labute approximate surface area is 115 Å². The van der Waals surface area contributed by atoms with Crippen LogP contribution in [0.15, 0.2) is 23.6 Å². The molecule has 0 amide bonds. The maximum atomic E-state index is 13.6. The Morgan fingerprint density at radius 2 is 1.94 bits per heavy atom. The molecule has 0 saturated carbocycles. The van der Waals surface area contributed by atoms with Crippen LogP contribution >= 0.6 is 33.9 Å². The fourth-order valence-corrected chi connectivity index (χ4v) is 2.73. The molecular weight excluding hydrogens is 357 g/mol. The van der Waals surface area contributed by atoms with Crippen molar-refractivity contribution in [2.24, 2.45) is 0 Å². The molecule has 0 fully saturated rings. The number of carbonyl (C=O) groups is 1. The highest BCUT2D eigenvalue weighted by atomic mass is 127. The lowest BCUT2D eigenvalue weighted by Gasteiger charge is -2.03. The third kappa shape index (κ3) is 2.55. The first-order chi connectivity index (χ1) is 7.99. The molecule has 0 aliphatic rings. The number of rotatable bonds is 2. The van der Waals surface area contributed by atoms with E-state index < -0.39 is 17.4 Å². The van der Waals surface area contributed by atoms with Crippen molar-refractivity contribution in [3.63, 3.8) is 0 Å². The monoisotopic (exact) mass is 364 g/mol. The van der Waals surface area contributed by atoms with Gasteiger partial charge in [0.2, 0.25) is 0 Å². The Morgan fingerprint density at radius 1 is 1.24 bits per heavy atom. The van der Waals surface area contributed by atoms with Crippen LogP contribution in [0, 0.1) is 21.4 Å². The molecule has 0 bridgehead atoms. The van der Waals surface area contributed by atoms with Gasteiger partial charge in [-0.25, -0.2) is 8.78 Å². The number of thiophene rings is 1. The van der Waals surface area contributed by atoms with Gasteiger partial charge >= 0.3 is 0 Å². The fourth-order valence-electron chi connectivity index (χ4n) is 1.40. The number of benzene rings is 1. The molecule has 0 atom stereocenters. The van der Waals surface area contributed by atoms with Crippen molar-refractivity contribution in [1.29, 1.82) is 0 Å². The van der Waals surface area contributed by atoms with Gasteiger partial charge in [0.15, 0.2) is 5.78 Å². The molecule has 1 aromatic heterocycles. The smallest absolute Gasteiger partial charge is 0.196 e. The van der Waals surface area contributed by atoms with E-state index in [4.69, 9.17) is 0 Å². The van der Waals surface area contributed by atoms with E-state index in [9.17, 15) is 13.6 Å². The first kappa shape index (κ1) is 12.6. The van der Waals surface area contributed by atoms with Crippen molar-refractivity contribution in [3.05, 3.63) is 54.8 Å². The fraction of sp³-hybridized carbons (Fsp3) is 0.0833. The topological polar surface area (TPSA) is 17.1 Å². The summed E-state index contributed by atoms with van der Waals surface area (Å²) >= 11 is 3.46. The quantitative estimate of drug-likeness (QED) is 0.578. The highest BCUT2D eigenvalue weighted by molar-refractivity contribution is 14.1. The maximum absolute atomic E-state index is 13.6. The lowest BCUT2D eigenvalue weighted by atomic mass is 10.0. The molecule has 0 radical (unpaired) electrons. The average molecular weight is 364 g/mol. The third-order valence-electron chi connectivity index (χ3n) is 2.32. The molecule has 0 aliphatic heterocycles. The van der Waals surface area contributed by atoms with Gasteiger partial charge in [-0.15, -0.1) is 11.3 Å². The van der Waals surface area contributed by atoms with E-state index in [1.807, 2.05) is 0 Å². The van der Waals surface area contributed by atoms with Gasteiger partial charge in [0, 0.05) is 10.9 Å². The highest BCUT2D eigenvalue weighted by Gasteiger charge is 2.17.